The molecule has 1 rings (SSSR count). The van der Waals surface area contributed by atoms with Crippen LogP contribution < -0.4 is 14.2 Å². The van der Waals surface area contributed by atoms with E-state index in [1.54, 1.807) is 39.5 Å². The topological polar surface area (TPSA) is 54.0 Å². The fourth-order valence-corrected chi connectivity index (χ4v) is 1.73. The molecule has 1 aromatic carbocycles. The summed E-state index contributed by atoms with van der Waals surface area (Å²) in [7, 11) is 4.65. The van der Waals surface area contributed by atoms with Crippen molar-refractivity contribution in [1.29, 1.82) is 0 Å². The summed E-state index contributed by atoms with van der Waals surface area (Å²) in [5.74, 6) is 1.31. The molecule has 0 spiro atoms. The number of hydrogen-bond donors (Lipinski definition) is 0. The molecule has 5 nitrogen and oxygen atoms in total. The Morgan fingerprint density at radius 1 is 1.14 bits per heavy atom. The number of carbonyl (C=O) groups excluding carboxylic acids is 1. The van der Waals surface area contributed by atoms with E-state index in [9.17, 15) is 4.79 Å². The zero-order valence-corrected chi connectivity index (χ0v) is 13.0. The highest BCUT2D eigenvalue weighted by molar-refractivity contribution is 5.88. The van der Waals surface area contributed by atoms with Gasteiger partial charge in [0.15, 0.2) is 11.5 Å². The lowest BCUT2D eigenvalue weighted by atomic mass is 10.1. The highest BCUT2D eigenvalue weighted by Gasteiger charge is 2.11. The molecule has 1 aromatic rings. The van der Waals surface area contributed by atoms with E-state index >= 15 is 0 Å². The predicted molar refractivity (Wildman–Crippen MR) is 81.0 cm³/mol. The van der Waals surface area contributed by atoms with Gasteiger partial charge in [-0.3, -0.25) is 0 Å². The minimum absolute atomic E-state index is 0.382. The van der Waals surface area contributed by atoms with E-state index in [0.717, 1.165) is 12.8 Å². The van der Waals surface area contributed by atoms with E-state index in [0.29, 0.717) is 29.4 Å². The number of methoxy groups -OCH3 is 3. The van der Waals surface area contributed by atoms with E-state index in [1.165, 1.54) is 6.08 Å². The summed E-state index contributed by atoms with van der Waals surface area (Å²) >= 11 is 0. The SMILES string of the molecule is CCCCOC(=O)C=Cc1cc(OC)cc(OC)c1OC. The Morgan fingerprint density at radius 3 is 2.48 bits per heavy atom. The minimum atomic E-state index is -0.382. The third-order valence-electron chi connectivity index (χ3n) is 2.86. The molecule has 0 aliphatic carbocycles. The van der Waals surface area contributed by atoms with E-state index in [2.05, 4.69) is 0 Å². The Bertz CT molecular complexity index is 494. The van der Waals surface area contributed by atoms with Gasteiger partial charge in [0.05, 0.1) is 27.9 Å². The summed E-state index contributed by atoms with van der Waals surface area (Å²) in [6.45, 7) is 2.47. The first kappa shape index (κ1) is 16.9. The molecular weight excluding hydrogens is 272 g/mol. The maximum Gasteiger partial charge on any atom is 0.330 e. The maximum atomic E-state index is 11.6. The zero-order valence-electron chi connectivity index (χ0n) is 13.0. The van der Waals surface area contributed by atoms with Gasteiger partial charge < -0.3 is 18.9 Å². The number of ether oxygens (including phenoxy) is 4. The molecule has 0 aliphatic rings. The number of esters is 1. The van der Waals surface area contributed by atoms with Crippen molar-refractivity contribution < 1.29 is 23.7 Å². The van der Waals surface area contributed by atoms with Crippen LogP contribution in [0.1, 0.15) is 25.3 Å². The Kier molecular flexibility index (Phi) is 7.15. The van der Waals surface area contributed by atoms with Gasteiger partial charge in [-0.15, -0.1) is 0 Å². The van der Waals surface area contributed by atoms with Gasteiger partial charge >= 0.3 is 5.97 Å². The Labute approximate surface area is 125 Å². The molecule has 0 amide bonds. The summed E-state index contributed by atoms with van der Waals surface area (Å²) in [5, 5.41) is 0. The Morgan fingerprint density at radius 2 is 1.90 bits per heavy atom. The smallest absolute Gasteiger partial charge is 0.330 e. The van der Waals surface area contributed by atoms with Crippen LogP contribution in [0.25, 0.3) is 6.08 Å². The maximum absolute atomic E-state index is 11.6. The number of carbonyl (C=O) groups is 1. The number of unbranched alkanes of at least 4 members (excludes halogenated alkanes) is 1. The molecule has 0 unspecified atom stereocenters. The molecular formula is C16H22O5. The first-order valence-electron chi connectivity index (χ1n) is 6.81. The van der Waals surface area contributed by atoms with Crippen LogP contribution in [0, 0.1) is 0 Å². The van der Waals surface area contributed by atoms with Gasteiger partial charge in [0.1, 0.15) is 5.75 Å². The van der Waals surface area contributed by atoms with Crippen LogP contribution >= 0.6 is 0 Å². The summed E-state index contributed by atoms with van der Waals surface area (Å²) in [5.41, 5.74) is 0.682. The summed E-state index contributed by atoms with van der Waals surface area (Å²) in [6, 6.07) is 3.48. The monoisotopic (exact) mass is 294 g/mol. The molecule has 0 fully saturated rings. The predicted octanol–water partition coefficient (Wildman–Crippen LogP) is 3.07. The van der Waals surface area contributed by atoms with Crippen LogP contribution in [0.5, 0.6) is 17.2 Å². The molecule has 0 atom stereocenters. The molecule has 21 heavy (non-hydrogen) atoms. The van der Waals surface area contributed by atoms with Gasteiger partial charge in [-0.05, 0) is 18.6 Å². The average molecular weight is 294 g/mol. The van der Waals surface area contributed by atoms with Crippen molar-refractivity contribution in [1.82, 2.24) is 0 Å². The summed E-state index contributed by atoms with van der Waals surface area (Å²) in [6.07, 6.45) is 4.83. The molecule has 0 saturated heterocycles. The fourth-order valence-electron chi connectivity index (χ4n) is 1.73. The van der Waals surface area contributed by atoms with Crippen molar-refractivity contribution in [3.8, 4) is 17.2 Å². The fraction of sp³-hybridized carbons (Fsp3) is 0.438. The van der Waals surface area contributed by atoms with Gasteiger partial charge in [0, 0.05) is 17.7 Å². The normalized spacial score (nSPS) is 10.5. The van der Waals surface area contributed by atoms with Crippen LogP contribution in [0.15, 0.2) is 18.2 Å². The van der Waals surface area contributed by atoms with Crippen molar-refractivity contribution in [3.63, 3.8) is 0 Å². The third kappa shape index (κ3) is 5.02. The van der Waals surface area contributed by atoms with Crippen molar-refractivity contribution >= 4 is 12.0 Å². The molecule has 0 heterocycles. The van der Waals surface area contributed by atoms with Crippen molar-refractivity contribution in [2.45, 2.75) is 19.8 Å². The van der Waals surface area contributed by atoms with Gasteiger partial charge in [-0.25, -0.2) is 4.79 Å². The average Bonchev–Trinajstić information content (AvgIpc) is 2.51. The highest BCUT2D eigenvalue weighted by Crippen LogP contribution is 2.36. The Hall–Kier alpha value is -2.17. The van der Waals surface area contributed by atoms with Crippen LogP contribution in [0.4, 0.5) is 0 Å². The molecule has 0 saturated carbocycles. The largest absolute Gasteiger partial charge is 0.497 e. The summed E-state index contributed by atoms with van der Waals surface area (Å²) < 4.78 is 20.8. The van der Waals surface area contributed by atoms with E-state index in [4.69, 9.17) is 18.9 Å². The molecule has 0 N–H and O–H groups in total. The van der Waals surface area contributed by atoms with Gasteiger partial charge in [0.2, 0.25) is 0 Å². The van der Waals surface area contributed by atoms with Crippen LogP contribution in [-0.4, -0.2) is 33.9 Å². The molecule has 116 valence electrons. The second kappa shape index (κ2) is 8.89. The lowest BCUT2D eigenvalue weighted by Crippen LogP contribution is -2.02. The number of rotatable bonds is 8. The zero-order chi connectivity index (χ0) is 15.7. The lowest BCUT2D eigenvalue weighted by Gasteiger charge is -2.12. The second-order valence-electron chi connectivity index (χ2n) is 4.31. The minimum Gasteiger partial charge on any atom is -0.497 e. The first-order valence-corrected chi connectivity index (χ1v) is 6.81. The molecule has 0 aliphatic heterocycles. The highest BCUT2D eigenvalue weighted by atomic mass is 16.5. The lowest BCUT2D eigenvalue weighted by molar-refractivity contribution is -0.137. The molecule has 5 heteroatoms. The van der Waals surface area contributed by atoms with Crippen molar-refractivity contribution in [2.75, 3.05) is 27.9 Å². The third-order valence-corrected chi connectivity index (χ3v) is 2.86. The van der Waals surface area contributed by atoms with Crippen molar-refractivity contribution in [3.05, 3.63) is 23.8 Å². The van der Waals surface area contributed by atoms with E-state index in [-0.39, 0.29) is 5.97 Å². The molecule has 0 radical (unpaired) electrons. The summed E-state index contributed by atoms with van der Waals surface area (Å²) in [4.78, 5) is 11.6. The standard InChI is InChI=1S/C16H22O5/c1-5-6-9-21-15(17)8-7-12-10-13(18-2)11-14(19-3)16(12)20-4/h7-8,10-11H,5-6,9H2,1-4H3. The molecule has 0 aromatic heterocycles. The quantitative estimate of drug-likeness (QED) is 0.419. The van der Waals surface area contributed by atoms with Crippen molar-refractivity contribution in [2.24, 2.45) is 0 Å². The van der Waals surface area contributed by atoms with E-state index < -0.39 is 0 Å². The Balaban J connectivity index is 2.92. The van der Waals surface area contributed by atoms with Crippen LogP contribution in [0.3, 0.4) is 0 Å². The number of benzene rings is 1. The number of hydrogen-bond acceptors (Lipinski definition) is 5. The van der Waals surface area contributed by atoms with Gasteiger partial charge in [-0.2, -0.15) is 0 Å². The van der Waals surface area contributed by atoms with E-state index in [1.807, 2.05) is 6.92 Å². The van der Waals surface area contributed by atoms with Gasteiger partial charge in [-0.1, -0.05) is 13.3 Å². The second-order valence-corrected chi connectivity index (χ2v) is 4.31. The van der Waals surface area contributed by atoms with Gasteiger partial charge in [0.25, 0.3) is 0 Å². The van der Waals surface area contributed by atoms with Crippen LogP contribution in [-0.2, 0) is 9.53 Å². The molecule has 0 bridgehead atoms. The van der Waals surface area contributed by atoms with Crippen LogP contribution in [0.2, 0.25) is 0 Å². The first-order chi connectivity index (χ1) is 10.2.